The van der Waals surface area contributed by atoms with Crippen LogP contribution in [0.15, 0.2) is 48.8 Å². The van der Waals surface area contributed by atoms with E-state index in [1.165, 1.54) is 0 Å². The maximum absolute atomic E-state index is 5.25. The highest BCUT2D eigenvalue weighted by molar-refractivity contribution is 5.88. The van der Waals surface area contributed by atoms with Crippen molar-refractivity contribution < 1.29 is 4.74 Å². The first-order valence-electron chi connectivity index (χ1n) is 6.44. The van der Waals surface area contributed by atoms with Gasteiger partial charge in [0.1, 0.15) is 11.4 Å². The summed E-state index contributed by atoms with van der Waals surface area (Å²) in [6.07, 6.45) is 3.78. The Hall–Kier alpha value is -2.75. The van der Waals surface area contributed by atoms with E-state index in [4.69, 9.17) is 4.74 Å². The van der Waals surface area contributed by atoms with Crippen LogP contribution in [0.5, 0.6) is 5.75 Å². The van der Waals surface area contributed by atoms with Gasteiger partial charge in [-0.1, -0.05) is 0 Å². The topological polar surface area (TPSA) is 53.7 Å². The Labute approximate surface area is 115 Å². The number of pyridine rings is 1. The van der Waals surface area contributed by atoms with Gasteiger partial charge in [-0.3, -0.25) is 0 Å². The molecule has 4 nitrogen and oxygen atoms in total. The number of fused-ring (bicyclic) bond motifs is 2. The van der Waals surface area contributed by atoms with E-state index in [1.54, 1.807) is 7.11 Å². The van der Waals surface area contributed by atoms with Crippen LogP contribution in [0.2, 0.25) is 0 Å². The molecule has 0 unspecified atom stereocenters. The first-order valence-corrected chi connectivity index (χ1v) is 6.44. The Morgan fingerprint density at radius 1 is 1.05 bits per heavy atom. The monoisotopic (exact) mass is 263 g/mol. The zero-order valence-corrected chi connectivity index (χ0v) is 11.0. The number of methoxy groups -OCH3 is 1. The summed E-state index contributed by atoms with van der Waals surface area (Å²) in [6.45, 7) is 0. The molecule has 0 saturated heterocycles. The van der Waals surface area contributed by atoms with Gasteiger partial charge in [0.2, 0.25) is 0 Å². The fourth-order valence-corrected chi connectivity index (χ4v) is 2.48. The highest BCUT2D eigenvalue weighted by Gasteiger charge is 2.06. The van der Waals surface area contributed by atoms with Crippen molar-refractivity contribution >= 4 is 21.9 Å². The first-order chi connectivity index (χ1) is 9.83. The van der Waals surface area contributed by atoms with E-state index in [2.05, 4.69) is 33.2 Å². The normalized spacial score (nSPS) is 11.2. The van der Waals surface area contributed by atoms with Gasteiger partial charge < -0.3 is 14.7 Å². The van der Waals surface area contributed by atoms with Gasteiger partial charge in [0.15, 0.2) is 0 Å². The number of nitrogens with zero attached hydrogens (tertiary/aromatic N) is 1. The molecule has 20 heavy (non-hydrogen) atoms. The molecule has 0 bridgehead atoms. The minimum Gasteiger partial charge on any atom is -0.497 e. The second kappa shape index (κ2) is 4.13. The fraction of sp³-hybridized carbons (Fsp3) is 0.0625. The highest BCUT2D eigenvalue weighted by Crippen LogP contribution is 2.27. The van der Waals surface area contributed by atoms with Crippen LogP contribution in [0.3, 0.4) is 0 Å². The van der Waals surface area contributed by atoms with E-state index in [-0.39, 0.29) is 0 Å². The summed E-state index contributed by atoms with van der Waals surface area (Å²) in [7, 11) is 1.68. The van der Waals surface area contributed by atoms with Crippen molar-refractivity contribution in [3.05, 3.63) is 48.8 Å². The SMILES string of the molecule is COc1ccc2cc(-c3cnc4[nH]ccc4c3)[nH]c2c1. The molecule has 0 amide bonds. The third kappa shape index (κ3) is 1.66. The predicted molar refractivity (Wildman–Crippen MR) is 79.9 cm³/mol. The number of aromatic nitrogens is 3. The lowest BCUT2D eigenvalue weighted by Gasteiger charge is -1.98. The van der Waals surface area contributed by atoms with Crippen molar-refractivity contribution in [3.8, 4) is 17.0 Å². The summed E-state index contributed by atoms with van der Waals surface area (Å²) in [6, 6.07) is 12.3. The smallest absolute Gasteiger partial charge is 0.137 e. The van der Waals surface area contributed by atoms with Crippen LogP contribution in [0.4, 0.5) is 0 Å². The summed E-state index contributed by atoms with van der Waals surface area (Å²) in [5, 5.41) is 2.27. The van der Waals surface area contributed by atoms with Gasteiger partial charge in [0.05, 0.1) is 7.11 Å². The minimum atomic E-state index is 0.852. The molecule has 3 heterocycles. The van der Waals surface area contributed by atoms with Crippen LogP contribution < -0.4 is 4.74 Å². The van der Waals surface area contributed by atoms with Crippen molar-refractivity contribution in [1.29, 1.82) is 0 Å². The van der Waals surface area contributed by atoms with Crippen LogP contribution in [-0.4, -0.2) is 22.1 Å². The zero-order valence-electron chi connectivity index (χ0n) is 11.0. The standard InChI is InChI=1S/C16H13N3O/c1-20-13-3-2-10-7-14(19-15(10)8-13)12-6-11-4-5-17-16(11)18-9-12/h2-9,19H,1H3,(H,17,18). The number of nitrogens with one attached hydrogen (secondary N) is 2. The number of hydrogen-bond acceptors (Lipinski definition) is 2. The summed E-state index contributed by atoms with van der Waals surface area (Å²) in [4.78, 5) is 10.9. The van der Waals surface area contributed by atoms with Crippen molar-refractivity contribution in [2.24, 2.45) is 0 Å². The fourth-order valence-electron chi connectivity index (χ4n) is 2.48. The maximum atomic E-state index is 5.25. The van der Waals surface area contributed by atoms with Crippen LogP contribution in [0.25, 0.3) is 33.2 Å². The summed E-state index contributed by atoms with van der Waals surface area (Å²) in [5.41, 5.74) is 4.11. The Bertz CT molecular complexity index is 904. The van der Waals surface area contributed by atoms with E-state index in [9.17, 15) is 0 Å². The van der Waals surface area contributed by atoms with E-state index >= 15 is 0 Å². The highest BCUT2D eigenvalue weighted by atomic mass is 16.5. The number of hydrogen-bond donors (Lipinski definition) is 2. The molecule has 0 saturated carbocycles. The molecule has 0 fully saturated rings. The Morgan fingerprint density at radius 2 is 2.00 bits per heavy atom. The van der Waals surface area contributed by atoms with Gasteiger partial charge in [-0.25, -0.2) is 4.98 Å². The number of H-pyrrole nitrogens is 2. The van der Waals surface area contributed by atoms with Crippen LogP contribution in [0.1, 0.15) is 0 Å². The third-order valence-electron chi connectivity index (χ3n) is 3.54. The molecule has 2 N–H and O–H groups in total. The van der Waals surface area contributed by atoms with E-state index in [0.29, 0.717) is 0 Å². The van der Waals surface area contributed by atoms with Gasteiger partial charge in [-0.05, 0) is 30.3 Å². The van der Waals surface area contributed by atoms with Crippen molar-refractivity contribution in [3.63, 3.8) is 0 Å². The van der Waals surface area contributed by atoms with Crippen molar-refractivity contribution in [1.82, 2.24) is 15.0 Å². The van der Waals surface area contributed by atoms with Crippen LogP contribution in [-0.2, 0) is 0 Å². The Morgan fingerprint density at radius 3 is 2.90 bits per heavy atom. The van der Waals surface area contributed by atoms with Gasteiger partial charge in [0, 0.05) is 46.0 Å². The molecule has 3 aromatic heterocycles. The number of benzene rings is 1. The molecule has 0 radical (unpaired) electrons. The Kier molecular flexibility index (Phi) is 2.29. The average molecular weight is 263 g/mol. The summed E-state index contributed by atoms with van der Waals surface area (Å²) >= 11 is 0. The van der Waals surface area contributed by atoms with Crippen molar-refractivity contribution in [2.75, 3.05) is 7.11 Å². The number of ether oxygens (including phenoxy) is 1. The van der Waals surface area contributed by atoms with E-state index < -0.39 is 0 Å². The van der Waals surface area contributed by atoms with Crippen LogP contribution >= 0.6 is 0 Å². The first kappa shape index (κ1) is 11.1. The second-order valence-corrected chi connectivity index (χ2v) is 4.78. The molecule has 0 atom stereocenters. The average Bonchev–Trinajstić information content (AvgIpc) is 3.11. The van der Waals surface area contributed by atoms with Gasteiger partial charge in [0.25, 0.3) is 0 Å². The van der Waals surface area contributed by atoms with E-state index in [0.717, 1.165) is 38.9 Å². The molecule has 4 heteroatoms. The molecule has 98 valence electrons. The lowest BCUT2D eigenvalue weighted by Crippen LogP contribution is -1.82. The largest absolute Gasteiger partial charge is 0.497 e. The van der Waals surface area contributed by atoms with Crippen LogP contribution in [0, 0.1) is 0 Å². The summed E-state index contributed by atoms with van der Waals surface area (Å²) in [5.74, 6) is 0.852. The molecule has 1 aromatic carbocycles. The molecule has 0 aliphatic rings. The zero-order chi connectivity index (χ0) is 13.5. The van der Waals surface area contributed by atoms with Crippen molar-refractivity contribution in [2.45, 2.75) is 0 Å². The lowest BCUT2D eigenvalue weighted by molar-refractivity contribution is 0.415. The molecule has 0 spiro atoms. The van der Waals surface area contributed by atoms with Gasteiger partial charge in [-0.2, -0.15) is 0 Å². The lowest BCUT2D eigenvalue weighted by atomic mass is 10.1. The third-order valence-corrected chi connectivity index (χ3v) is 3.54. The minimum absolute atomic E-state index is 0.852. The predicted octanol–water partition coefficient (Wildman–Crippen LogP) is 3.72. The van der Waals surface area contributed by atoms with E-state index in [1.807, 2.05) is 30.6 Å². The molecule has 0 aliphatic carbocycles. The van der Waals surface area contributed by atoms with Gasteiger partial charge >= 0.3 is 0 Å². The number of rotatable bonds is 2. The molecular formula is C16H13N3O. The molecule has 4 rings (SSSR count). The Balaban J connectivity index is 1.87. The van der Waals surface area contributed by atoms with Gasteiger partial charge in [-0.15, -0.1) is 0 Å². The summed E-state index contributed by atoms with van der Waals surface area (Å²) < 4.78 is 5.25. The quantitative estimate of drug-likeness (QED) is 0.579. The second-order valence-electron chi connectivity index (χ2n) is 4.78. The molecule has 4 aromatic rings. The molecular weight excluding hydrogens is 250 g/mol. The molecule has 0 aliphatic heterocycles. The number of aromatic amines is 2. The maximum Gasteiger partial charge on any atom is 0.137 e.